The zero-order chi connectivity index (χ0) is 19.7. The molecule has 1 saturated heterocycles. The molecule has 0 radical (unpaired) electrons. The molecule has 0 saturated carbocycles. The lowest BCUT2D eigenvalue weighted by Gasteiger charge is -2.27. The predicted molar refractivity (Wildman–Crippen MR) is 105 cm³/mol. The molecule has 0 aliphatic carbocycles. The second kappa shape index (κ2) is 7.47. The first-order chi connectivity index (χ1) is 13.6. The number of furan rings is 1. The van der Waals surface area contributed by atoms with Crippen molar-refractivity contribution in [1.29, 1.82) is 0 Å². The molecule has 146 valence electrons. The van der Waals surface area contributed by atoms with Crippen molar-refractivity contribution in [3.8, 4) is 5.75 Å². The van der Waals surface area contributed by atoms with Crippen molar-refractivity contribution >= 4 is 28.5 Å². The van der Waals surface area contributed by atoms with Crippen molar-refractivity contribution < 1.29 is 18.7 Å². The number of carbonyl (C=O) groups excluding carboxylic acids is 1. The minimum absolute atomic E-state index is 0.204. The minimum Gasteiger partial charge on any atom is -0.493 e. The molecule has 3 heterocycles. The van der Waals surface area contributed by atoms with Crippen LogP contribution in [0, 0.1) is 13.8 Å². The fraction of sp³-hybridized carbons (Fsp3) is 0.350. The summed E-state index contributed by atoms with van der Waals surface area (Å²) in [4.78, 5) is 24.0. The molecule has 1 aliphatic rings. The molecule has 8 nitrogen and oxygen atoms in total. The molecule has 1 amide bonds. The van der Waals surface area contributed by atoms with E-state index in [4.69, 9.17) is 13.9 Å². The number of methoxy groups -OCH3 is 1. The number of nitrogens with one attached hydrogen (secondary N) is 1. The van der Waals surface area contributed by atoms with Crippen LogP contribution in [-0.4, -0.2) is 49.3 Å². The molecule has 1 N–H and O–H groups in total. The van der Waals surface area contributed by atoms with Gasteiger partial charge in [-0.2, -0.15) is 0 Å². The molecule has 3 aromatic rings. The van der Waals surface area contributed by atoms with Gasteiger partial charge in [-0.1, -0.05) is 12.1 Å². The summed E-state index contributed by atoms with van der Waals surface area (Å²) in [5, 5.41) is 3.68. The van der Waals surface area contributed by atoms with Crippen LogP contribution in [0.2, 0.25) is 0 Å². The number of amides is 1. The van der Waals surface area contributed by atoms with Crippen molar-refractivity contribution in [2.75, 3.05) is 43.6 Å². The van der Waals surface area contributed by atoms with Crippen LogP contribution in [-0.2, 0) is 4.74 Å². The summed E-state index contributed by atoms with van der Waals surface area (Å²) in [7, 11) is 1.57. The van der Waals surface area contributed by atoms with E-state index in [1.807, 2.05) is 26.0 Å². The van der Waals surface area contributed by atoms with Gasteiger partial charge in [-0.3, -0.25) is 4.79 Å². The normalized spacial score (nSPS) is 14.3. The first-order valence-corrected chi connectivity index (χ1v) is 9.12. The lowest BCUT2D eigenvalue weighted by molar-refractivity contribution is 0.0998. The van der Waals surface area contributed by atoms with Crippen LogP contribution in [0.3, 0.4) is 0 Å². The molecule has 8 heteroatoms. The van der Waals surface area contributed by atoms with Crippen LogP contribution < -0.4 is 15.0 Å². The summed E-state index contributed by atoms with van der Waals surface area (Å²) >= 11 is 0. The Morgan fingerprint density at radius 2 is 1.89 bits per heavy atom. The van der Waals surface area contributed by atoms with Gasteiger partial charge in [-0.15, -0.1) is 0 Å². The molecule has 0 spiro atoms. The summed E-state index contributed by atoms with van der Waals surface area (Å²) in [6.07, 6.45) is 0. The first-order valence-electron chi connectivity index (χ1n) is 9.12. The number of hydrogen-bond donors (Lipinski definition) is 1. The summed E-state index contributed by atoms with van der Waals surface area (Å²) in [5.74, 6) is 1.09. The van der Waals surface area contributed by atoms with E-state index < -0.39 is 0 Å². The van der Waals surface area contributed by atoms with Crippen LogP contribution in [0.1, 0.15) is 21.9 Å². The molecule has 0 unspecified atom stereocenters. The molecule has 1 aromatic carbocycles. The maximum Gasteiger partial charge on any atom is 0.291 e. The van der Waals surface area contributed by atoms with Crippen LogP contribution >= 0.6 is 0 Å². The van der Waals surface area contributed by atoms with Gasteiger partial charge in [-0.25, -0.2) is 9.97 Å². The number of fused-ring (bicyclic) bond motifs is 1. The van der Waals surface area contributed by atoms with E-state index in [1.54, 1.807) is 19.2 Å². The highest BCUT2D eigenvalue weighted by atomic mass is 16.5. The number of hydrogen-bond acceptors (Lipinski definition) is 7. The number of benzene rings is 1. The van der Waals surface area contributed by atoms with E-state index in [9.17, 15) is 4.79 Å². The maximum absolute atomic E-state index is 12.7. The summed E-state index contributed by atoms with van der Waals surface area (Å²) in [6.45, 7) is 6.55. The molecule has 1 fully saturated rings. The summed E-state index contributed by atoms with van der Waals surface area (Å²) in [6, 6.07) is 7.21. The second-order valence-corrected chi connectivity index (χ2v) is 6.61. The summed E-state index contributed by atoms with van der Waals surface area (Å²) in [5.41, 5.74) is 2.55. The average molecular weight is 382 g/mol. The largest absolute Gasteiger partial charge is 0.493 e. The van der Waals surface area contributed by atoms with E-state index in [1.165, 1.54) is 0 Å². The van der Waals surface area contributed by atoms with E-state index in [-0.39, 0.29) is 11.7 Å². The number of morpholine rings is 1. The minimum atomic E-state index is -0.354. The topological polar surface area (TPSA) is 89.7 Å². The van der Waals surface area contributed by atoms with Crippen molar-refractivity contribution in [1.82, 2.24) is 9.97 Å². The number of carbonyl (C=O) groups is 1. The number of anilines is 2. The molecule has 0 bridgehead atoms. The molecular formula is C20H22N4O4. The number of nitrogens with zero attached hydrogens (tertiary/aromatic N) is 3. The molecule has 1 aliphatic heterocycles. The third-order valence-electron chi connectivity index (χ3n) is 4.74. The van der Waals surface area contributed by atoms with Gasteiger partial charge in [0.1, 0.15) is 0 Å². The Morgan fingerprint density at radius 3 is 2.57 bits per heavy atom. The molecular weight excluding hydrogens is 360 g/mol. The Balaban J connectivity index is 1.59. The standard InChI is InChI=1S/C20H22N4O4/c1-12-17(13(2)22-20(21-12)24-7-9-27-10-8-24)23-19(25)16-11-14-5-4-6-15(26-3)18(14)28-16/h4-6,11H,7-10H2,1-3H3,(H,23,25). The highest BCUT2D eigenvalue weighted by Gasteiger charge is 2.20. The van der Waals surface area contributed by atoms with Gasteiger partial charge in [0.25, 0.3) is 5.91 Å². The molecule has 2 aromatic heterocycles. The van der Waals surface area contributed by atoms with E-state index >= 15 is 0 Å². The fourth-order valence-corrected chi connectivity index (χ4v) is 3.27. The highest BCUT2D eigenvalue weighted by Crippen LogP contribution is 2.29. The summed E-state index contributed by atoms with van der Waals surface area (Å²) < 4.78 is 16.4. The van der Waals surface area contributed by atoms with Gasteiger partial charge in [0.15, 0.2) is 17.1 Å². The lowest BCUT2D eigenvalue weighted by Crippen LogP contribution is -2.37. The smallest absolute Gasteiger partial charge is 0.291 e. The van der Waals surface area contributed by atoms with Crippen molar-refractivity contribution in [3.63, 3.8) is 0 Å². The molecule has 4 rings (SSSR count). The Kier molecular flexibility index (Phi) is 4.87. The van der Waals surface area contributed by atoms with E-state index in [0.717, 1.165) is 18.5 Å². The van der Waals surface area contributed by atoms with Crippen LogP contribution in [0.4, 0.5) is 11.6 Å². The predicted octanol–water partition coefficient (Wildman–Crippen LogP) is 2.94. The van der Waals surface area contributed by atoms with Gasteiger partial charge in [0.05, 0.1) is 37.4 Å². The quantitative estimate of drug-likeness (QED) is 0.742. The van der Waals surface area contributed by atoms with Gasteiger partial charge in [-0.05, 0) is 26.0 Å². The van der Waals surface area contributed by atoms with Gasteiger partial charge < -0.3 is 24.1 Å². The van der Waals surface area contributed by atoms with Gasteiger partial charge in [0, 0.05) is 18.5 Å². The third kappa shape index (κ3) is 3.38. The van der Waals surface area contributed by atoms with Crippen molar-refractivity contribution in [2.45, 2.75) is 13.8 Å². The second-order valence-electron chi connectivity index (χ2n) is 6.61. The van der Waals surface area contributed by atoms with E-state index in [0.29, 0.717) is 47.6 Å². The van der Waals surface area contributed by atoms with Gasteiger partial charge >= 0.3 is 0 Å². The van der Waals surface area contributed by atoms with Crippen LogP contribution in [0.5, 0.6) is 5.75 Å². The number of aromatic nitrogens is 2. The average Bonchev–Trinajstić information content (AvgIpc) is 3.15. The lowest BCUT2D eigenvalue weighted by atomic mass is 10.2. The Bertz CT molecular complexity index is 1000. The number of aryl methyl sites for hydroxylation is 2. The zero-order valence-electron chi connectivity index (χ0n) is 16.1. The van der Waals surface area contributed by atoms with Crippen LogP contribution in [0.25, 0.3) is 11.0 Å². The Labute approximate surface area is 162 Å². The molecule has 28 heavy (non-hydrogen) atoms. The number of rotatable bonds is 4. The highest BCUT2D eigenvalue weighted by molar-refractivity contribution is 6.05. The monoisotopic (exact) mass is 382 g/mol. The molecule has 0 atom stereocenters. The van der Waals surface area contributed by atoms with E-state index in [2.05, 4.69) is 20.2 Å². The van der Waals surface area contributed by atoms with Crippen molar-refractivity contribution in [2.24, 2.45) is 0 Å². The van der Waals surface area contributed by atoms with Crippen LogP contribution in [0.15, 0.2) is 28.7 Å². The Hall–Kier alpha value is -3.13. The van der Waals surface area contributed by atoms with Gasteiger partial charge in [0.2, 0.25) is 5.95 Å². The first kappa shape index (κ1) is 18.2. The fourth-order valence-electron chi connectivity index (χ4n) is 3.27. The maximum atomic E-state index is 12.7. The number of ether oxygens (including phenoxy) is 2. The van der Waals surface area contributed by atoms with Crippen molar-refractivity contribution in [3.05, 3.63) is 41.4 Å². The number of para-hydroxylation sites is 1. The third-order valence-corrected chi connectivity index (χ3v) is 4.74. The SMILES string of the molecule is COc1cccc2cc(C(=O)Nc3c(C)nc(N4CCOCC4)nc3C)oc12. The Morgan fingerprint density at radius 1 is 1.18 bits per heavy atom. The zero-order valence-corrected chi connectivity index (χ0v) is 16.1.